The van der Waals surface area contributed by atoms with E-state index in [1.54, 1.807) is 0 Å². The van der Waals surface area contributed by atoms with E-state index in [4.69, 9.17) is 11.2 Å². The summed E-state index contributed by atoms with van der Waals surface area (Å²) < 4.78 is 6.22. The molecule has 20 heavy (non-hydrogen) atoms. The largest absolute Gasteiger partial charge is 0.393 e. The molecular weight excluding hydrogens is 268 g/mol. The molecule has 8 heteroatoms. The molecule has 1 aromatic heterocycles. The molecule has 1 aliphatic rings. The van der Waals surface area contributed by atoms with E-state index in [1.807, 2.05) is 10.9 Å². The lowest BCUT2D eigenvalue weighted by Crippen LogP contribution is -2.51. The van der Waals surface area contributed by atoms with Crippen molar-refractivity contribution in [2.24, 2.45) is 0 Å². The van der Waals surface area contributed by atoms with Gasteiger partial charge in [0.2, 0.25) is 0 Å². The molecule has 1 aliphatic heterocycles. The fraction of sp³-hybridized carbons (Fsp3) is 0.500. The number of hydrogen-bond donors (Lipinski definition) is 4. The lowest BCUT2D eigenvalue weighted by atomic mass is 9.88. The number of ether oxygens (including phenoxy) is 1. The summed E-state index contributed by atoms with van der Waals surface area (Å²) in [6, 6.07) is 1.04. The molecule has 0 aliphatic carbocycles. The Labute approximate surface area is 113 Å². The molecule has 8 nitrogen and oxygen atoms in total. The first-order valence-corrected chi connectivity index (χ1v) is 5.77. The van der Waals surface area contributed by atoms with E-state index in [2.05, 4.69) is 0 Å². The molecular formula is C12H14N2O6. The second-order valence-corrected chi connectivity index (χ2v) is 4.83. The Morgan fingerprint density at radius 3 is 2.75 bits per heavy atom. The van der Waals surface area contributed by atoms with E-state index in [9.17, 15) is 24.9 Å². The van der Waals surface area contributed by atoms with Crippen LogP contribution in [-0.4, -0.2) is 48.8 Å². The molecule has 0 unspecified atom stereocenters. The average Bonchev–Trinajstić information content (AvgIpc) is 2.62. The molecule has 0 aromatic carbocycles. The van der Waals surface area contributed by atoms with E-state index < -0.39 is 41.4 Å². The van der Waals surface area contributed by atoms with Gasteiger partial charge in [0.25, 0.3) is 5.56 Å². The Morgan fingerprint density at radius 1 is 1.60 bits per heavy atom. The maximum absolute atomic E-state index is 11.7. The molecule has 2 heterocycles. The Hall–Kier alpha value is -1.92. The molecule has 0 bridgehead atoms. The third-order valence-electron chi connectivity index (χ3n) is 3.40. The SMILES string of the molecule is C#C[C@]1(O)[C@H](n2ccc(=O)[nH]c2=O)O[C@](C)(CO)[C@H]1O. The normalized spacial score (nSPS) is 36.8. The number of aromatic nitrogens is 2. The van der Waals surface area contributed by atoms with Crippen LogP contribution in [0.4, 0.5) is 0 Å². The van der Waals surface area contributed by atoms with Crippen molar-refractivity contribution in [1.82, 2.24) is 9.55 Å². The molecule has 4 N–H and O–H groups in total. The van der Waals surface area contributed by atoms with Gasteiger partial charge in [0.15, 0.2) is 11.8 Å². The molecule has 0 saturated carbocycles. The van der Waals surface area contributed by atoms with Crippen LogP contribution in [0.5, 0.6) is 0 Å². The van der Waals surface area contributed by atoms with Crippen LogP contribution in [0.2, 0.25) is 0 Å². The van der Waals surface area contributed by atoms with E-state index in [-0.39, 0.29) is 0 Å². The second-order valence-electron chi connectivity index (χ2n) is 4.83. The second kappa shape index (κ2) is 4.57. The predicted molar refractivity (Wildman–Crippen MR) is 66.7 cm³/mol. The van der Waals surface area contributed by atoms with Gasteiger partial charge < -0.3 is 20.1 Å². The van der Waals surface area contributed by atoms with Crippen LogP contribution >= 0.6 is 0 Å². The minimum absolute atomic E-state index is 0.618. The van der Waals surface area contributed by atoms with Crippen molar-refractivity contribution in [2.45, 2.75) is 30.5 Å². The zero-order chi connectivity index (χ0) is 15.1. The van der Waals surface area contributed by atoms with Gasteiger partial charge in [0.1, 0.15) is 11.7 Å². The van der Waals surface area contributed by atoms with Gasteiger partial charge in [-0.3, -0.25) is 14.3 Å². The van der Waals surface area contributed by atoms with Gasteiger partial charge in [-0.15, -0.1) is 6.42 Å². The number of aromatic amines is 1. The highest BCUT2D eigenvalue weighted by atomic mass is 16.6. The van der Waals surface area contributed by atoms with Crippen molar-refractivity contribution in [3.8, 4) is 12.3 Å². The number of nitrogens with one attached hydrogen (secondary N) is 1. The summed E-state index contributed by atoms with van der Waals surface area (Å²) in [5, 5.41) is 29.7. The van der Waals surface area contributed by atoms with Crippen molar-refractivity contribution in [3.63, 3.8) is 0 Å². The van der Waals surface area contributed by atoms with Gasteiger partial charge in [0.05, 0.1) is 6.61 Å². The maximum Gasteiger partial charge on any atom is 0.330 e. The molecule has 1 fully saturated rings. The lowest BCUT2D eigenvalue weighted by Gasteiger charge is -2.27. The number of terminal acetylenes is 1. The summed E-state index contributed by atoms with van der Waals surface area (Å²) >= 11 is 0. The van der Waals surface area contributed by atoms with Crippen LogP contribution in [0.3, 0.4) is 0 Å². The van der Waals surface area contributed by atoms with E-state index >= 15 is 0 Å². The number of hydrogen-bond acceptors (Lipinski definition) is 6. The lowest BCUT2D eigenvalue weighted by molar-refractivity contribution is -0.119. The average molecular weight is 282 g/mol. The van der Waals surface area contributed by atoms with Crippen LogP contribution in [0.15, 0.2) is 21.9 Å². The van der Waals surface area contributed by atoms with Gasteiger partial charge in [-0.05, 0) is 6.92 Å². The van der Waals surface area contributed by atoms with Gasteiger partial charge in [0, 0.05) is 12.3 Å². The van der Waals surface area contributed by atoms with Crippen LogP contribution in [-0.2, 0) is 4.74 Å². The van der Waals surface area contributed by atoms with Crippen molar-refractivity contribution >= 4 is 0 Å². The molecule has 1 saturated heterocycles. The Bertz CT molecular complexity index is 674. The fourth-order valence-electron chi connectivity index (χ4n) is 2.16. The third-order valence-corrected chi connectivity index (χ3v) is 3.40. The topological polar surface area (TPSA) is 125 Å². The van der Waals surface area contributed by atoms with E-state index in [0.29, 0.717) is 0 Å². The van der Waals surface area contributed by atoms with E-state index in [0.717, 1.165) is 16.8 Å². The summed E-state index contributed by atoms with van der Waals surface area (Å²) in [6.45, 7) is 0.726. The Morgan fingerprint density at radius 2 is 2.25 bits per heavy atom. The van der Waals surface area contributed by atoms with Crippen molar-refractivity contribution in [2.75, 3.05) is 6.61 Å². The molecule has 4 atom stereocenters. The first-order valence-electron chi connectivity index (χ1n) is 5.77. The summed E-state index contributed by atoms with van der Waals surface area (Å²) in [7, 11) is 0. The molecule has 0 amide bonds. The predicted octanol–water partition coefficient (Wildman–Crippen LogP) is -2.46. The minimum atomic E-state index is -2.22. The number of rotatable bonds is 2. The third kappa shape index (κ3) is 1.88. The summed E-state index contributed by atoms with van der Waals surface area (Å²) in [4.78, 5) is 24.8. The highest BCUT2D eigenvalue weighted by Gasteiger charge is 2.61. The number of nitrogens with zero attached hydrogens (tertiary/aromatic N) is 1. The summed E-state index contributed by atoms with van der Waals surface area (Å²) in [5.74, 6) is 1.99. The van der Waals surface area contributed by atoms with Crippen LogP contribution < -0.4 is 11.2 Å². The highest BCUT2D eigenvalue weighted by molar-refractivity contribution is 5.22. The van der Waals surface area contributed by atoms with Crippen LogP contribution in [0, 0.1) is 12.3 Å². The van der Waals surface area contributed by atoms with Gasteiger partial charge in [-0.2, -0.15) is 0 Å². The monoisotopic (exact) mass is 282 g/mol. The molecule has 0 spiro atoms. The van der Waals surface area contributed by atoms with Gasteiger partial charge in [-0.25, -0.2) is 4.79 Å². The smallest absolute Gasteiger partial charge is 0.330 e. The quantitative estimate of drug-likeness (QED) is 0.446. The van der Waals surface area contributed by atoms with E-state index in [1.165, 1.54) is 6.92 Å². The Balaban J connectivity index is 2.59. The Kier molecular flexibility index (Phi) is 3.31. The number of H-pyrrole nitrogens is 1. The summed E-state index contributed by atoms with van der Waals surface area (Å²) in [6.07, 6.45) is 3.26. The standard InChI is InChI=1S/C12H14N2O6/c1-3-12(19)8(17)11(2,6-15)20-9(12)14-5-4-7(16)13-10(14)18/h1,4-5,8-9,15,17,19H,6H2,2H3,(H,13,16,18)/t8-,9-,11-,12-/m1/s1. The zero-order valence-corrected chi connectivity index (χ0v) is 10.6. The van der Waals surface area contributed by atoms with Gasteiger partial charge in [-0.1, -0.05) is 5.92 Å². The van der Waals surface area contributed by atoms with Crippen molar-refractivity contribution < 1.29 is 20.1 Å². The molecule has 0 radical (unpaired) electrons. The molecule has 108 valence electrons. The molecule has 2 rings (SSSR count). The fourth-order valence-corrected chi connectivity index (χ4v) is 2.16. The first-order chi connectivity index (χ1) is 9.28. The highest BCUT2D eigenvalue weighted by Crippen LogP contribution is 2.43. The summed E-state index contributed by atoms with van der Waals surface area (Å²) in [5.41, 5.74) is -5.24. The van der Waals surface area contributed by atoms with Gasteiger partial charge >= 0.3 is 5.69 Å². The van der Waals surface area contributed by atoms with Crippen LogP contribution in [0.25, 0.3) is 0 Å². The number of aliphatic hydroxyl groups is 3. The van der Waals surface area contributed by atoms with Crippen molar-refractivity contribution in [3.05, 3.63) is 33.1 Å². The molecule has 1 aromatic rings. The zero-order valence-electron chi connectivity index (χ0n) is 10.6. The number of aliphatic hydroxyl groups excluding tert-OH is 2. The van der Waals surface area contributed by atoms with Crippen LogP contribution in [0.1, 0.15) is 13.2 Å². The maximum atomic E-state index is 11.7. The first kappa shape index (κ1) is 14.5. The minimum Gasteiger partial charge on any atom is -0.393 e. The van der Waals surface area contributed by atoms with Crippen molar-refractivity contribution in [1.29, 1.82) is 0 Å².